The number of ether oxygens (including phenoxy) is 1. The van der Waals surface area contributed by atoms with E-state index in [4.69, 9.17) is 4.74 Å². The van der Waals surface area contributed by atoms with Gasteiger partial charge < -0.3 is 15.4 Å². The van der Waals surface area contributed by atoms with Gasteiger partial charge in [0, 0.05) is 18.9 Å². The molecule has 0 radical (unpaired) electrons. The number of nitrogens with one attached hydrogen (secondary N) is 2. The van der Waals surface area contributed by atoms with Crippen molar-refractivity contribution in [3.05, 3.63) is 36.5 Å². The molecule has 0 unspecified atom stereocenters. The Kier molecular flexibility index (Phi) is 4.55. The lowest BCUT2D eigenvalue weighted by Gasteiger charge is -2.08. The van der Waals surface area contributed by atoms with Crippen LogP contribution in [0.1, 0.15) is 13.3 Å². The zero-order valence-corrected chi connectivity index (χ0v) is 11.2. The molecule has 2 aromatic rings. The average molecular weight is 258 g/mol. The molecular weight excluding hydrogens is 240 g/mol. The maximum Gasteiger partial charge on any atom is 0.224 e. The third-order valence-corrected chi connectivity index (χ3v) is 2.48. The Labute approximate surface area is 113 Å². The smallest absolute Gasteiger partial charge is 0.224 e. The summed E-state index contributed by atoms with van der Waals surface area (Å²) in [7, 11) is 1.79. The predicted octanol–water partition coefficient (Wildman–Crippen LogP) is 3.05. The highest BCUT2D eigenvalue weighted by Crippen LogP contribution is 2.19. The number of benzene rings is 1. The third kappa shape index (κ3) is 3.84. The van der Waals surface area contributed by atoms with Gasteiger partial charge in [-0.15, -0.1) is 0 Å². The third-order valence-electron chi connectivity index (χ3n) is 2.48. The summed E-state index contributed by atoms with van der Waals surface area (Å²) in [6.45, 7) is 2.83. The molecule has 1 aromatic heterocycles. The second kappa shape index (κ2) is 6.58. The van der Waals surface area contributed by atoms with Crippen molar-refractivity contribution in [1.29, 1.82) is 0 Å². The Bertz CT molecular complexity index is 513. The van der Waals surface area contributed by atoms with Crippen LogP contribution in [0.2, 0.25) is 0 Å². The van der Waals surface area contributed by atoms with E-state index in [1.165, 1.54) is 0 Å². The first-order valence-corrected chi connectivity index (χ1v) is 6.32. The van der Waals surface area contributed by atoms with Gasteiger partial charge in [0.1, 0.15) is 11.6 Å². The molecule has 0 fully saturated rings. The van der Waals surface area contributed by atoms with E-state index in [9.17, 15) is 0 Å². The molecule has 5 heteroatoms. The molecule has 0 aliphatic carbocycles. The molecule has 0 amide bonds. The van der Waals surface area contributed by atoms with Crippen LogP contribution in [0.3, 0.4) is 0 Å². The van der Waals surface area contributed by atoms with Gasteiger partial charge in [0.05, 0.1) is 6.61 Å². The van der Waals surface area contributed by atoms with Crippen molar-refractivity contribution in [3.8, 4) is 5.75 Å². The molecule has 19 heavy (non-hydrogen) atoms. The summed E-state index contributed by atoms with van der Waals surface area (Å²) in [5.41, 5.74) is 0.963. The van der Waals surface area contributed by atoms with Crippen molar-refractivity contribution in [2.24, 2.45) is 0 Å². The second-order valence-corrected chi connectivity index (χ2v) is 4.01. The van der Waals surface area contributed by atoms with Crippen LogP contribution in [0, 0.1) is 0 Å². The zero-order chi connectivity index (χ0) is 13.5. The Morgan fingerprint density at radius 3 is 2.63 bits per heavy atom. The maximum absolute atomic E-state index is 5.53. The lowest BCUT2D eigenvalue weighted by Crippen LogP contribution is -2.00. The molecule has 0 aliphatic rings. The Morgan fingerprint density at radius 1 is 1.16 bits per heavy atom. The molecule has 100 valence electrons. The van der Waals surface area contributed by atoms with Gasteiger partial charge in [-0.2, -0.15) is 4.98 Å². The summed E-state index contributed by atoms with van der Waals surface area (Å²) in [5.74, 6) is 2.22. The molecule has 5 nitrogen and oxygen atoms in total. The number of aromatic nitrogens is 2. The molecule has 0 atom stereocenters. The van der Waals surface area contributed by atoms with Crippen LogP contribution in [-0.4, -0.2) is 23.6 Å². The van der Waals surface area contributed by atoms with Crippen molar-refractivity contribution < 1.29 is 4.74 Å². The molecule has 0 spiro atoms. The summed E-state index contributed by atoms with van der Waals surface area (Å²) in [6.07, 6.45) is 2.72. The van der Waals surface area contributed by atoms with Crippen LogP contribution in [0.25, 0.3) is 0 Å². The van der Waals surface area contributed by atoms with Crippen LogP contribution in [0.5, 0.6) is 5.75 Å². The first kappa shape index (κ1) is 13.1. The van der Waals surface area contributed by atoms with Crippen LogP contribution >= 0.6 is 0 Å². The Hall–Kier alpha value is -2.30. The average Bonchev–Trinajstić information content (AvgIpc) is 2.47. The Balaban J connectivity index is 2.02. The number of hydrogen-bond acceptors (Lipinski definition) is 5. The predicted molar refractivity (Wildman–Crippen MR) is 77.1 cm³/mol. The molecule has 1 aromatic carbocycles. The van der Waals surface area contributed by atoms with Crippen molar-refractivity contribution in [1.82, 2.24) is 9.97 Å². The fourth-order valence-electron chi connectivity index (χ4n) is 1.55. The van der Waals surface area contributed by atoms with Crippen LogP contribution in [-0.2, 0) is 0 Å². The second-order valence-electron chi connectivity index (χ2n) is 4.01. The lowest BCUT2D eigenvalue weighted by atomic mass is 10.3. The SMILES string of the molecule is CCCOc1ccc(Nc2ccnc(NC)n2)cc1. The molecule has 2 rings (SSSR count). The van der Waals surface area contributed by atoms with E-state index >= 15 is 0 Å². The van der Waals surface area contributed by atoms with Gasteiger partial charge >= 0.3 is 0 Å². The van der Waals surface area contributed by atoms with Crippen molar-refractivity contribution >= 4 is 17.5 Å². The van der Waals surface area contributed by atoms with Crippen LogP contribution in [0.4, 0.5) is 17.5 Å². The van der Waals surface area contributed by atoms with Crippen molar-refractivity contribution in [3.63, 3.8) is 0 Å². The topological polar surface area (TPSA) is 59.1 Å². The van der Waals surface area contributed by atoms with E-state index in [1.54, 1.807) is 13.2 Å². The van der Waals surface area contributed by atoms with Gasteiger partial charge in [0.25, 0.3) is 0 Å². The number of nitrogens with zero attached hydrogens (tertiary/aromatic N) is 2. The number of rotatable bonds is 6. The highest BCUT2D eigenvalue weighted by atomic mass is 16.5. The summed E-state index contributed by atoms with van der Waals surface area (Å²) in [4.78, 5) is 8.36. The zero-order valence-electron chi connectivity index (χ0n) is 11.2. The molecule has 0 aliphatic heterocycles. The van der Waals surface area contributed by atoms with E-state index in [0.717, 1.165) is 30.3 Å². The quantitative estimate of drug-likeness (QED) is 0.834. The number of hydrogen-bond donors (Lipinski definition) is 2. The van der Waals surface area contributed by atoms with E-state index in [2.05, 4.69) is 27.5 Å². The van der Waals surface area contributed by atoms with Crippen LogP contribution in [0.15, 0.2) is 36.5 Å². The van der Waals surface area contributed by atoms with Gasteiger partial charge in [-0.3, -0.25) is 0 Å². The molecule has 0 saturated carbocycles. The highest BCUT2D eigenvalue weighted by molar-refractivity contribution is 5.57. The normalized spacial score (nSPS) is 10.0. The molecule has 0 bridgehead atoms. The van der Waals surface area contributed by atoms with Crippen LogP contribution < -0.4 is 15.4 Å². The fourth-order valence-corrected chi connectivity index (χ4v) is 1.55. The fraction of sp³-hybridized carbons (Fsp3) is 0.286. The van der Waals surface area contributed by atoms with Crippen molar-refractivity contribution in [2.45, 2.75) is 13.3 Å². The van der Waals surface area contributed by atoms with Gasteiger partial charge in [-0.05, 0) is 36.8 Å². The lowest BCUT2D eigenvalue weighted by molar-refractivity contribution is 0.317. The first-order valence-electron chi connectivity index (χ1n) is 6.32. The maximum atomic E-state index is 5.53. The molecule has 2 N–H and O–H groups in total. The first-order chi connectivity index (χ1) is 9.31. The minimum absolute atomic E-state index is 0.591. The highest BCUT2D eigenvalue weighted by Gasteiger charge is 1.99. The van der Waals surface area contributed by atoms with E-state index in [0.29, 0.717) is 5.95 Å². The summed E-state index contributed by atoms with van der Waals surface area (Å²) >= 11 is 0. The summed E-state index contributed by atoms with van der Waals surface area (Å²) < 4.78 is 5.53. The summed E-state index contributed by atoms with van der Waals surface area (Å²) in [6, 6.07) is 9.64. The largest absolute Gasteiger partial charge is 0.494 e. The van der Waals surface area contributed by atoms with Gasteiger partial charge in [-0.1, -0.05) is 6.92 Å². The van der Waals surface area contributed by atoms with E-state index in [1.807, 2.05) is 30.3 Å². The standard InChI is InChI=1S/C14H18N4O/c1-3-10-19-12-6-4-11(5-7-12)17-13-8-9-16-14(15-2)18-13/h4-9H,3,10H2,1-2H3,(H2,15,16,17,18). The van der Waals surface area contributed by atoms with Crippen molar-refractivity contribution in [2.75, 3.05) is 24.3 Å². The van der Waals surface area contributed by atoms with Gasteiger partial charge in [0.2, 0.25) is 5.95 Å². The molecular formula is C14H18N4O. The van der Waals surface area contributed by atoms with Gasteiger partial charge in [-0.25, -0.2) is 4.98 Å². The van der Waals surface area contributed by atoms with E-state index in [-0.39, 0.29) is 0 Å². The minimum Gasteiger partial charge on any atom is -0.494 e. The molecule has 1 heterocycles. The van der Waals surface area contributed by atoms with E-state index < -0.39 is 0 Å². The van der Waals surface area contributed by atoms with Gasteiger partial charge in [0.15, 0.2) is 0 Å². The number of anilines is 3. The Morgan fingerprint density at radius 2 is 1.95 bits per heavy atom. The monoisotopic (exact) mass is 258 g/mol. The minimum atomic E-state index is 0.591. The summed E-state index contributed by atoms with van der Waals surface area (Å²) in [5, 5.41) is 6.12. The molecule has 0 saturated heterocycles.